The molecule has 0 aliphatic carbocycles. The maximum atomic E-state index is 12.3. The van der Waals surface area contributed by atoms with Gasteiger partial charge < -0.3 is 34.7 Å². The zero-order valence-electron chi connectivity index (χ0n) is 15.2. The monoisotopic (exact) mass is 391 g/mol. The molecule has 3 aromatic rings. The lowest BCUT2D eigenvalue weighted by molar-refractivity contribution is 0.174. The molecule has 0 fully saturated rings. The van der Waals surface area contributed by atoms with Crippen LogP contribution in [-0.4, -0.2) is 25.3 Å². The van der Waals surface area contributed by atoms with E-state index in [1.165, 1.54) is 0 Å². The molecule has 0 spiro atoms. The summed E-state index contributed by atoms with van der Waals surface area (Å²) in [6.45, 7) is 0.611. The fourth-order valence-corrected chi connectivity index (χ4v) is 3.22. The maximum absolute atomic E-state index is 12.3. The first-order valence-electron chi connectivity index (χ1n) is 8.93. The summed E-state index contributed by atoms with van der Waals surface area (Å²) in [7, 11) is 0. The van der Waals surface area contributed by atoms with Crippen molar-refractivity contribution >= 4 is 34.8 Å². The standard InChI is InChI=1S/C20H17N5O4/c21-18-15-7-8-27-19(15)22-10-25(18)14-4-1-12(2-5-14)23-20(26)24-13-3-6-16-17(9-13)29-11-28-16/h1-9,21-22H,10-11H2,(H2,23,24,26). The molecule has 2 aliphatic heterocycles. The number of carbonyl (C=O) groups excluding carboxylic acids is 1. The van der Waals surface area contributed by atoms with Crippen LogP contribution in [-0.2, 0) is 0 Å². The number of nitrogens with zero attached hydrogens (tertiary/aromatic N) is 1. The van der Waals surface area contributed by atoms with Crippen molar-refractivity contribution in [3.05, 3.63) is 60.4 Å². The summed E-state index contributed by atoms with van der Waals surface area (Å²) in [6, 6.07) is 13.9. The van der Waals surface area contributed by atoms with Gasteiger partial charge in [-0.3, -0.25) is 5.41 Å². The molecule has 3 heterocycles. The van der Waals surface area contributed by atoms with E-state index in [2.05, 4.69) is 16.0 Å². The molecule has 29 heavy (non-hydrogen) atoms. The summed E-state index contributed by atoms with van der Waals surface area (Å²) in [5.74, 6) is 2.22. The summed E-state index contributed by atoms with van der Waals surface area (Å²) >= 11 is 0. The Morgan fingerprint density at radius 1 is 1.00 bits per heavy atom. The van der Waals surface area contributed by atoms with Gasteiger partial charge in [-0.25, -0.2) is 4.79 Å². The van der Waals surface area contributed by atoms with Crippen LogP contribution in [0.3, 0.4) is 0 Å². The largest absolute Gasteiger partial charge is 0.454 e. The van der Waals surface area contributed by atoms with Gasteiger partial charge in [0.1, 0.15) is 5.84 Å². The van der Waals surface area contributed by atoms with Crippen molar-refractivity contribution in [3.8, 4) is 11.5 Å². The van der Waals surface area contributed by atoms with Crippen molar-refractivity contribution in [2.45, 2.75) is 0 Å². The average molecular weight is 391 g/mol. The summed E-state index contributed by atoms with van der Waals surface area (Å²) in [6.07, 6.45) is 1.56. The molecule has 0 radical (unpaired) electrons. The Hall–Kier alpha value is -4.14. The molecule has 146 valence electrons. The van der Waals surface area contributed by atoms with Gasteiger partial charge in [0, 0.05) is 23.1 Å². The molecule has 9 nitrogen and oxygen atoms in total. The summed E-state index contributed by atoms with van der Waals surface area (Å²) in [4.78, 5) is 14.1. The van der Waals surface area contributed by atoms with Crippen LogP contribution in [0.15, 0.2) is 59.2 Å². The average Bonchev–Trinajstić information content (AvgIpc) is 3.38. The summed E-state index contributed by atoms with van der Waals surface area (Å²) in [5, 5.41) is 17.0. The SMILES string of the molecule is N=C1c2ccoc2NCN1c1ccc(NC(=O)Nc2ccc3c(c2)OCO3)cc1. The van der Waals surface area contributed by atoms with Crippen molar-refractivity contribution in [2.75, 3.05) is 34.3 Å². The molecule has 0 bridgehead atoms. The quantitative estimate of drug-likeness (QED) is 0.539. The van der Waals surface area contributed by atoms with Gasteiger partial charge in [0.15, 0.2) is 11.5 Å². The highest BCUT2D eigenvalue weighted by atomic mass is 16.7. The second-order valence-corrected chi connectivity index (χ2v) is 6.47. The zero-order valence-corrected chi connectivity index (χ0v) is 15.2. The van der Waals surface area contributed by atoms with Crippen LogP contribution in [0.5, 0.6) is 11.5 Å². The van der Waals surface area contributed by atoms with Gasteiger partial charge in [-0.2, -0.15) is 0 Å². The van der Waals surface area contributed by atoms with E-state index in [1.807, 2.05) is 17.0 Å². The highest BCUT2D eigenvalue weighted by Crippen LogP contribution is 2.34. The molecule has 0 atom stereocenters. The van der Waals surface area contributed by atoms with Gasteiger partial charge in [0.2, 0.25) is 12.7 Å². The summed E-state index contributed by atoms with van der Waals surface area (Å²) in [5.41, 5.74) is 2.78. The van der Waals surface area contributed by atoms with Crippen molar-refractivity contribution < 1.29 is 18.7 Å². The number of furan rings is 1. The molecule has 1 aromatic heterocycles. The van der Waals surface area contributed by atoms with Gasteiger partial charge in [0.05, 0.1) is 18.5 Å². The van der Waals surface area contributed by atoms with E-state index in [-0.39, 0.29) is 12.8 Å². The zero-order chi connectivity index (χ0) is 19.8. The van der Waals surface area contributed by atoms with E-state index < -0.39 is 0 Å². The number of carbonyl (C=O) groups is 1. The molecule has 0 unspecified atom stereocenters. The third-order valence-corrected chi connectivity index (χ3v) is 4.66. The molecular formula is C20H17N5O4. The number of hydrogen-bond acceptors (Lipinski definition) is 6. The van der Waals surface area contributed by atoms with Crippen molar-refractivity contribution in [1.29, 1.82) is 5.41 Å². The first kappa shape index (κ1) is 17.0. The number of benzene rings is 2. The van der Waals surface area contributed by atoms with E-state index >= 15 is 0 Å². The Labute approximate surface area is 165 Å². The fraction of sp³-hybridized carbons (Fsp3) is 0.100. The third kappa shape index (κ3) is 3.18. The molecule has 4 N–H and O–H groups in total. The van der Waals surface area contributed by atoms with Gasteiger partial charge in [-0.15, -0.1) is 0 Å². The van der Waals surface area contributed by atoms with Crippen molar-refractivity contribution in [1.82, 2.24) is 0 Å². The number of rotatable bonds is 3. The van der Waals surface area contributed by atoms with E-state index in [0.29, 0.717) is 46.8 Å². The molecule has 2 amide bonds. The van der Waals surface area contributed by atoms with E-state index in [0.717, 1.165) is 5.69 Å². The predicted molar refractivity (Wildman–Crippen MR) is 108 cm³/mol. The number of fused-ring (bicyclic) bond motifs is 2. The van der Waals surface area contributed by atoms with Crippen LogP contribution in [0.1, 0.15) is 5.56 Å². The van der Waals surface area contributed by atoms with Crippen molar-refractivity contribution in [2.24, 2.45) is 0 Å². The minimum absolute atomic E-state index is 0.184. The smallest absolute Gasteiger partial charge is 0.323 e. The number of amidine groups is 1. The van der Waals surface area contributed by atoms with Crippen LogP contribution in [0.4, 0.5) is 27.7 Å². The normalized spacial score (nSPS) is 14.2. The molecule has 9 heteroatoms. The molecule has 2 aromatic carbocycles. The van der Waals surface area contributed by atoms with Crippen molar-refractivity contribution in [3.63, 3.8) is 0 Å². The Morgan fingerprint density at radius 2 is 1.76 bits per heavy atom. The Kier molecular flexibility index (Phi) is 3.98. The molecular weight excluding hydrogens is 374 g/mol. The number of urea groups is 1. The number of anilines is 4. The minimum Gasteiger partial charge on any atom is -0.454 e. The molecule has 2 aliphatic rings. The van der Waals surface area contributed by atoms with Crippen LogP contribution >= 0.6 is 0 Å². The molecule has 0 saturated carbocycles. The predicted octanol–water partition coefficient (Wildman–Crippen LogP) is 3.87. The first-order valence-corrected chi connectivity index (χ1v) is 8.93. The third-order valence-electron chi connectivity index (χ3n) is 4.66. The van der Waals surface area contributed by atoms with Gasteiger partial charge >= 0.3 is 6.03 Å². The van der Waals surface area contributed by atoms with E-state index in [4.69, 9.17) is 19.3 Å². The van der Waals surface area contributed by atoms with Crippen LogP contribution in [0.2, 0.25) is 0 Å². The highest BCUT2D eigenvalue weighted by Gasteiger charge is 2.24. The Balaban J connectivity index is 1.24. The van der Waals surface area contributed by atoms with E-state index in [1.54, 1.807) is 42.7 Å². The lowest BCUT2D eigenvalue weighted by Gasteiger charge is -2.29. The number of ether oxygens (including phenoxy) is 2. The van der Waals surface area contributed by atoms with Gasteiger partial charge in [0.25, 0.3) is 0 Å². The number of amides is 2. The minimum atomic E-state index is -0.368. The lowest BCUT2D eigenvalue weighted by atomic mass is 10.2. The second-order valence-electron chi connectivity index (χ2n) is 6.47. The summed E-state index contributed by atoms with van der Waals surface area (Å²) < 4.78 is 15.9. The molecule has 5 rings (SSSR count). The van der Waals surface area contributed by atoms with Crippen LogP contribution in [0, 0.1) is 5.41 Å². The Bertz CT molecular complexity index is 1090. The molecule has 0 saturated heterocycles. The van der Waals surface area contributed by atoms with Crippen LogP contribution in [0.25, 0.3) is 0 Å². The topological polar surface area (TPSA) is 112 Å². The van der Waals surface area contributed by atoms with E-state index in [9.17, 15) is 4.79 Å². The first-order chi connectivity index (χ1) is 14.2. The van der Waals surface area contributed by atoms with Gasteiger partial charge in [-0.1, -0.05) is 0 Å². The van der Waals surface area contributed by atoms with Crippen LogP contribution < -0.4 is 30.3 Å². The fourth-order valence-electron chi connectivity index (χ4n) is 3.22. The highest BCUT2D eigenvalue weighted by molar-refractivity contribution is 6.12. The Morgan fingerprint density at radius 3 is 2.62 bits per heavy atom. The van der Waals surface area contributed by atoms with Gasteiger partial charge in [-0.05, 0) is 42.5 Å². The second kappa shape index (κ2) is 6.79. The number of nitrogens with one attached hydrogen (secondary N) is 4. The lowest BCUT2D eigenvalue weighted by Crippen LogP contribution is -2.39. The number of hydrogen-bond donors (Lipinski definition) is 4. The maximum Gasteiger partial charge on any atom is 0.323 e.